The molecule has 9 heteroatoms. The van der Waals surface area contributed by atoms with E-state index in [-0.39, 0.29) is 17.6 Å². The molecule has 2 aromatic rings. The van der Waals surface area contributed by atoms with Gasteiger partial charge in [0.05, 0.1) is 14.2 Å². The highest BCUT2D eigenvalue weighted by molar-refractivity contribution is 5.86. The van der Waals surface area contributed by atoms with Crippen LogP contribution in [0.3, 0.4) is 0 Å². The number of methoxy groups -OCH3 is 2. The van der Waals surface area contributed by atoms with Gasteiger partial charge in [0, 0.05) is 18.2 Å². The lowest BCUT2D eigenvalue weighted by Crippen LogP contribution is -2.46. The van der Waals surface area contributed by atoms with Crippen molar-refractivity contribution in [3.63, 3.8) is 0 Å². The summed E-state index contributed by atoms with van der Waals surface area (Å²) in [7, 11) is 2.59. The highest BCUT2D eigenvalue weighted by atomic mass is 16.7. The van der Waals surface area contributed by atoms with Crippen molar-refractivity contribution in [2.24, 2.45) is 0 Å². The molecule has 1 aromatic heterocycles. The minimum absolute atomic E-state index is 0.0599. The molecule has 0 unspecified atom stereocenters. The van der Waals surface area contributed by atoms with Crippen molar-refractivity contribution in [1.82, 2.24) is 9.97 Å². The van der Waals surface area contributed by atoms with Gasteiger partial charge in [-0.2, -0.15) is 4.98 Å². The van der Waals surface area contributed by atoms with Gasteiger partial charge in [0.1, 0.15) is 6.10 Å². The van der Waals surface area contributed by atoms with Gasteiger partial charge >= 0.3 is 12.0 Å². The molecule has 0 radical (unpaired) electrons. The second-order valence-electron chi connectivity index (χ2n) is 6.64. The van der Waals surface area contributed by atoms with Gasteiger partial charge in [0.2, 0.25) is 11.6 Å². The Hall–Kier alpha value is -3.17. The van der Waals surface area contributed by atoms with Crippen LogP contribution in [0.5, 0.6) is 11.9 Å². The molecule has 0 amide bonds. The largest absolute Gasteiger partial charge is 0.467 e. The van der Waals surface area contributed by atoms with Crippen LogP contribution >= 0.6 is 0 Å². The van der Waals surface area contributed by atoms with Crippen molar-refractivity contribution in [3.05, 3.63) is 59.0 Å². The summed E-state index contributed by atoms with van der Waals surface area (Å²) in [5.74, 6) is -0.965. The average molecular weight is 416 g/mol. The van der Waals surface area contributed by atoms with Crippen LogP contribution in [-0.4, -0.2) is 58.9 Å². The number of rotatable bonds is 7. The first-order chi connectivity index (χ1) is 14.4. The molecular formula is C21H24N2O7. The van der Waals surface area contributed by atoms with Crippen molar-refractivity contribution in [1.29, 1.82) is 0 Å². The van der Waals surface area contributed by atoms with Gasteiger partial charge in [-0.15, -0.1) is 0 Å². The Bertz CT molecular complexity index is 914. The third-order valence-corrected chi connectivity index (χ3v) is 4.62. The highest BCUT2D eigenvalue weighted by Gasteiger charge is 2.37. The zero-order chi connectivity index (χ0) is 21.7. The molecular weight excluding hydrogens is 392 g/mol. The van der Waals surface area contributed by atoms with E-state index in [9.17, 15) is 15.0 Å². The zero-order valence-electron chi connectivity index (χ0n) is 16.9. The molecule has 3 atom stereocenters. The maximum Gasteiger partial charge on any atom is 0.373 e. The Balaban J connectivity index is 1.86. The molecule has 0 saturated carbocycles. The molecule has 160 valence electrons. The predicted molar refractivity (Wildman–Crippen MR) is 105 cm³/mol. The van der Waals surface area contributed by atoms with Crippen LogP contribution in [0.15, 0.2) is 42.3 Å². The van der Waals surface area contributed by atoms with Gasteiger partial charge in [-0.05, 0) is 23.6 Å². The smallest absolute Gasteiger partial charge is 0.373 e. The number of nitrogens with zero attached hydrogens (tertiary/aromatic N) is 2. The number of carbonyl (C=O) groups is 1. The third-order valence-electron chi connectivity index (χ3n) is 4.62. The molecule has 0 bridgehead atoms. The first kappa shape index (κ1) is 21.5. The Morgan fingerprint density at radius 1 is 1.17 bits per heavy atom. The molecule has 0 aliphatic carbocycles. The lowest BCUT2D eigenvalue weighted by molar-refractivity contribution is -0.175. The van der Waals surface area contributed by atoms with Crippen LogP contribution in [0.25, 0.3) is 0 Å². The van der Waals surface area contributed by atoms with E-state index < -0.39 is 24.5 Å². The van der Waals surface area contributed by atoms with Crippen LogP contribution in [0, 0.1) is 0 Å². The van der Waals surface area contributed by atoms with Crippen molar-refractivity contribution in [3.8, 4) is 11.9 Å². The number of hydrogen-bond acceptors (Lipinski definition) is 9. The number of aryl methyl sites for hydroxylation is 1. The van der Waals surface area contributed by atoms with Crippen molar-refractivity contribution >= 4 is 5.97 Å². The average Bonchev–Trinajstić information content (AvgIpc) is 2.77. The lowest BCUT2D eigenvalue weighted by atomic mass is 10.0. The summed E-state index contributed by atoms with van der Waals surface area (Å²) in [6, 6.07) is 8.14. The highest BCUT2D eigenvalue weighted by Crippen LogP contribution is 2.27. The van der Waals surface area contributed by atoms with Gasteiger partial charge in [-0.3, -0.25) is 0 Å². The van der Waals surface area contributed by atoms with E-state index in [1.54, 1.807) is 6.20 Å². The van der Waals surface area contributed by atoms with Crippen LogP contribution in [0.1, 0.15) is 23.6 Å². The number of benzene rings is 1. The quantitative estimate of drug-likeness (QED) is 0.640. The number of aliphatic hydroxyl groups is 2. The van der Waals surface area contributed by atoms with E-state index in [1.165, 1.54) is 19.8 Å². The minimum Gasteiger partial charge on any atom is -0.467 e. The summed E-state index contributed by atoms with van der Waals surface area (Å²) in [5.41, 5.74) is 2.83. The number of aliphatic hydroxyl groups excluding tert-OH is 2. The van der Waals surface area contributed by atoms with Gasteiger partial charge in [0.15, 0.2) is 6.10 Å². The van der Waals surface area contributed by atoms with Gasteiger partial charge in [-0.1, -0.05) is 31.2 Å². The lowest BCUT2D eigenvalue weighted by Gasteiger charge is -2.31. The number of carbonyl (C=O) groups excluding carboxylic acids is 1. The molecule has 1 aliphatic heterocycles. The molecule has 0 fully saturated rings. The summed E-state index contributed by atoms with van der Waals surface area (Å²) in [6.45, 7) is 2.08. The van der Waals surface area contributed by atoms with Gasteiger partial charge in [-0.25, -0.2) is 9.78 Å². The second-order valence-corrected chi connectivity index (χ2v) is 6.64. The summed E-state index contributed by atoms with van der Waals surface area (Å²) in [4.78, 5) is 20.1. The van der Waals surface area contributed by atoms with Crippen LogP contribution in [-0.2, 0) is 27.1 Å². The molecule has 1 aromatic carbocycles. The fourth-order valence-electron chi connectivity index (χ4n) is 2.88. The van der Waals surface area contributed by atoms with Crippen molar-refractivity contribution in [2.75, 3.05) is 14.2 Å². The topological polar surface area (TPSA) is 120 Å². The molecule has 2 N–H and O–H groups in total. The molecule has 9 nitrogen and oxygen atoms in total. The van der Waals surface area contributed by atoms with E-state index in [0.717, 1.165) is 18.1 Å². The third kappa shape index (κ3) is 4.87. The molecule has 1 aliphatic rings. The molecule has 0 saturated heterocycles. The van der Waals surface area contributed by atoms with Gasteiger partial charge in [0.25, 0.3) is 6.29 Å². The maximum atomic E-state index is 11.8. The maximum absolute atomic E-state index is 11.8. The molecule has 30 heavy (non-hydrogen) atoms. The summed E-state index contributed by atoms with van der Waals surface area (Å²) in [6.07, 6.45) is -0.211. The van der Waals surface area contributed by atoms with E-state index in [0.29, 0.717) is 12.0 Å². The Kier molecular flexibility index (Phi) is 6.86. The predicted octanol–water partition coefficient (Wildman–Crippen LogP) is 1.15. The van der Waals surface area contributed by atoms with Crippen molar-refractivity contribution in [2.45, 2.75) is 38.3 Å². The number of aromatic nitrogens is 2. The normalized spacial score (nSPS) is 20.7. The van der Waals surface area contributed by atoms with Crippen LogP contribution < -0.4 is 9.47 Å². The Morgan fingerprint density at radius 3 is 2.50 bits per heavy atom. The number of ether oxygens (including phenoxy) is 4. The number of esters is 1. The van der Waals surface area contributed by atoms with E-state index in [1.807, 2.05) is 24.3 Å². The Morgan fingerprint density at radius 2 is 1.87 bits per heavy atom. The van der Waals surface area contributed by atoms with E-state index in [4.69, 9.17) is 14.2 Å². The van der Waals surface area contributed by atoms with Crippen LogP contribution in [0.2, 0.25) is 0 Å². The fraction of sp³-hybridized carbons (Fsp3) is 0.381. The minimum atomic E-state index is -1.45. The number of hydrogen-bond donors (Lipinski definition) is 2. The summed E-state index contributed by atoms with van der Waals surface area (Å²) >= 11 is 0. The van der Waals surface area contributed by atoms with Crippen LogP contribution in [0.4, 0.5) is 0 Å². The van der Waals surface area contributed by atoms with E-state index in [2.05, 4.69) is 21.6 Å². The zero-order valence-corrected chi connectivity index (χ0v) is 16.9. The monoisotopic (exact) mass is 416 g/mol. The SMILES string of the molecule is CCc1ccc(Cc2cnc(OC)nc2O[C@@H]2OC(C(=O)OC)=C[C@H](O)[C@H]2O)cc1. The Labute approximate surface area is 173 Å². The fourth-order valence-corrected chi connectivity index (χ4v) is 2.88. The first-order valence-corrected chi connectivity index (χ1v) is 9.42. The molecule has 0 spiro atoms. The standard InChI is InChI=1S/C21H24N2O7/c1-4-12-5-7-13(8-6-12)9-14-11-22-21(28-3)23-18(14)30-20-17(25)15(24)10-16(29-20)19(26)27-2/h5-8,10-11,15,17,20,24-25H,4,9H2,1-3H3/t15-,17+,20-/m0/s1. The van der Waals surface area contributed by atoms with Gasteiger partial charge < -0.3 is 29.2 Å². The summed E-state index contributed by atoms with van der Waals surface area (Å²) in [5, 5.41) is 20.3. The van der Waals surface area contributed by atoms with Crippen molar-refractivity contribution < 1.29 is 34.0 Å². The summed E-state index contributed by atoms with van der Waals surface area (Å²) < 4.78 is 20.8. The second kappa shape index (κ2) is 9.55. The first-order valence-electron chi connectivity index (χ1n) is 9.42. The van der Waals surface area contributed by atoms with E-state index >= 15 is 0 Å². The molecule has 3 rings (SSSR count). The molecule has 2 heterocycles.